The van der Waals surface area contributed by atoms with E-state index in [1.165, 1.54) is 11.0 Å². The van der Waals surface area contributed by atoms with Crippen LogP contribution in [0.25, 0.3) is 0 Å². The second-order valence-corrected chi connectivity index (χ2v) is 6.25. The number of aryl methyl sites for hydroxylation is 1. The quantitative estimate of drug-likeness (QED) is 0.862. The number of hydrogen-bond donors (Lipinski definition) is 1. The number of hydrogen-bond acceptors (Lipinski definition) is 3. The Hall–Kier alpha value is -2.40. The molecule has 1 atom stereocenters. The molecule has 0 bridgehead atoms. The van der Waals surface area contributed by atoms with Gasteiger partial charge >= 0.3 is 0 Å². The lowest BCUT2D eigenvalue weighted by Gasteiger charge is -2.16. The van der Waals surface area contributed by atoms with Crippen molar-refractivity contribution in [1.82, 2.24) is 4.90 Å². The lowest BCUT2D eigenvalue weighted by atomic mass is 10.2. The number of nitrogens with zero attached hydrogens (tertiary/aromatic N) is 1. The van der Waals surface area contributed by atoms with Crippen LogP contribution in [0.4, 0.5) is 10.1 Å². The van der Waals surface area contributed by atoms with Crippen molar-refractivity contribution >= 4 is 29.1 Å². The number of imide groups is 1. The average Bonchev–Trinajstić information content (AvgIpc) is 2.80. The van der Waals surface area contributed by atoms with Gasteiger partial charge in [-0.15, -0.1) is 0 Å². The monoisotopic (exact) mass is 346 g/mol. The molecule has 4 nitrogen and oxygen atoms in total. The molecule has 2 aromatic rings. The first-order valence-electron chi connectivity index (χ1n) is 7.55. The number of anilines is 1. The predicted octanol–water partition coefficient (Wildman–Crippen LogP) is 3.53. The van der Waals surface area contributed by atoms with E-state index in [1.54, 1.807) is 43.3 Å². The molecule has 24 heavy (non-hydrogen) atoms. The fourth-order valence-electron chi connectivity index (χ4n) is 2.62. The van der Waals surface area contributed by atoms with Crippen LogP contribution in [-0.4, -0.2) is 22.8 Å². The second kappa shape index (κ2) is 6.61. The number of nitrogens with one attached hydrogen (secondary N) is 1. The summed E-state index contributed by atoms with van der Waals surface area (Å²) in [5.41, 5.74) is 1.83. The summed E-state index contributed by atoms with van der Waals surface area (Å²) in [6.45, 7) is 1.87. The van der Waals surface area contributed by atoms with Crippen LogP contribution in [0.2, 0.25) is 5.02 Å². The molecule has 2 aromatic carbocycles. The molecule has 1 heterocycles. The van der Waals surface area contributed by atoms with E-state index < -0.39 is 6.04 Å². The molecule has 0 spiro atoms. The van der Waals surface area contributed by atoms with Gasteiger partial charge in [0.2, 0.25) is 5.91 Å². The van der Waals surface area contributed by atoms with Crippen molar-refractivity contribution in [3.8, 4) is 0 Å². The van der Waals surface area contributed by atoms with Crippen LogP contribution < -0.4 is 5.32 Å². The molecule has 2 amide bonds. The number of amides is 2. The number of rotatable bonds is 4. The molecule has 1 N–H and O–H groups in total. The van der Waals surface area contributed by atoms with E-state index in [0.29, 0.717) is 16.3 Å². The summed E-state index contributed by atoms with van der Waals surface area (Å²) in [5, 5.41) is 3.54. The van der Waals surface area contributed by atoms with Crippen molar-refractivity contribution in [3.05, 3.63) is 64.4 Å². The van der Waals surface area contributed by atoms with Crippen molar-refractivity contribution in [1.29, 1.82) is 0 Å². The third-order valence-electron chi connectivity index (χ3n) is 4.01. The minimum Gasteiger partial charge on any atom is -0.373 e. The molecule has 0 aliphatic carbocycles. The van der Waals surface area contributed by atoms with Crippen molar-refractivity contribution in [3.63, 3.8) is 0 Å². The Bertz CT molecular complexity index is 792. The summed E-state index contributed by atoms with van der Waals surface area (Å²) in [7, 11) is 0. The highest BCUT2D eigenvalue weighted by atomic mass is 35.5. The summed E-state index contributed by atoms with van der Waals surface area (Å²) >= 11 is 5.83. The van der Waals surface area contributed by atoms with E-state index in [2.05, 4.69) is 5.32 Å². The molecule has 6 heteroatoms. The summed E-state index contributed by atoms with van der Waals surface area (Å²) in [6, 6.07) is 11.0. The number of carbonyl (C=O) groups excluding carboxylic acids is 2. The zero-order valence-electron chi connectivity index (χ0n) is 13.1. The normalized spacial score (nSPS) is 17.5. The molecule has 1 aliphatic heterocycles. The topological polar surface area (TPSA) is 49.4 Å². The van der Waals surface area contributed by atoms with E-state index in [0.717, 1.165) is 5.56 Å². The zero-order chi connectivity index (χ0) is 17.3. The van der Waals surface area contributed by atoms with Crippen LogP contribution in [0.5, 0.6) is 0 Å². The smallest absolute Gasteiger partial charge is 0.252 e. The Balaban J connectivity index is 1.71. The molecular formula is C18H16ClFN2O2. The highest BCUT2D eigenvalue weighted by Gasteiger charge is 2.38. The maximum Gasteiger partial charge on any atom is 0.252 e. The van der Waals surface area contributed by atoms with E-state index in [1.807, 2.05) is 0 Å². The maximum atomic E-state index is 13.6. The van der Waals surface area contributed by atoms with E-state index in [-0.39, 0.29) is 30.6 Å². The predicted molar refractivity (Wildman–Crippen MR) is 90.2 cm³/mol. The van der Waals surface area contributed by atoms with E-state index >= 15 is 0 Å². The summed E-state index contributed by atoms with van der Waals surface area (Å²) in [6.07, 6.45) is 0.0575. The molecule has 124 valence electrons. The number of benzene rings is 2. The summed E-state index contributed by atoms with van der Waals surface area (Å²) in [5.74, 6) is -0.911. The lowest BCUT2D eigenvalue weighted by molar-refractivity contribution is -0.139. The summed E-state index contributed by atoms with van der Waals surface area (Å²) < 4.78 is 13.6. The average molecular weight is 347 g/mol. The largest absolute Gasteiger partial charge is 0.373 e. The fraction of sp³-hybridized carbons (Fsp3) is 0.222. The standard InChI is InChI=1S/C18H16ClFN2O2/c1-11-2-7-14(8-15(11)20)21-16-9-17(23)22(18(16)24)10-12-3-5-13(19)6-4-12/h2-8,16,21H,9-10H2,1H3/t16-/m0/s1. The minimum absolute atomic E-state index is 0.0575. The Morgan fingerprint density at radius 3 is 2.58 bits per heavy atom. The molecule has 1 aliphatic rings. The van der Waals surface area contributed by atoms with Crippen LogP contribution in [0.15, 0.2) is 42.5 Å². The van der Waals surface area contributed by atoms with Gasteiger partial charge in [0, 0.05) is 10.7 Å². The lowest BCUT2D eigenvalue weighted by Crippen LogP contribution is -2.34. The van der Waals surface area contributed by atoms with Crippen molar-refractivity contribution in [2.45, 2.75) is 25.9 Å². The van der Waals surface area contributed by atoms with Gasteiger partial charge in [-0.2, -0.15) is 0 Å². The fourth-order valence-corrected chi connectivity index (χ4v) is 2.74. The van der Waals surface area contributed by atoms with Crippen LogP contribution in [0.3, 0.4) is 0 Å². The molecule has 0 saturated carbocycles. The van der Waals surface area contributed by atoms with Gasteiger partial charge in [-0.1, -0.05) is 29.8 Å². The van der Waals surface area contributed by atoms with Gasteiger partial charge in [0.05, 0.1) is 13.0 Å². The molecule has 3 rings (SSSR count). The van der Waals surface area contributed by atoms with Crippen LogP contribution in [-0.2, 0) is 16.1 Å². The SMILES string of the molecule is Cc1ccc(N[C@H]2CC(=O)N(Cc3ccc(Cl)cc3)C2=O)cc1F. The van der Waals surface area contributed by atoms with E-state index in [4.69, 9.17) is 11.6 Å². The molecule has 1 saturated heterocycles. The first kappa shape index (κ1) is 16.5. The number of likely N-dealkylation sites (tertiary alicyclic amines) is 1. The Labute approximate surface area is 144 Å². The Morgan fingerprint density at radius 2 is 1.92 bits per heavy atom. The molecule has 0 unspecified atom stereocenters. The second-order valence-electron chi connectivity index (χ2n) is 5.81. The van der Waals surface area contributed by atoms with Crippen molar-refractivity contribution in [2.24, 2.45) is 0 Å². The first-order valence-corrected chi connectivity index (χ1v) is 7.93. The molecule has 1 fully saturated rings. The van der Waals surface area contributed by atoms with Crippen LogP contribution in [0.1, 0.15) is 17.5 Å². The zero-order valence-corrected chi connectivity index (χ0v) is 13.8. The third-order valence-corrected chi connectivity index (χ3v) is 4.26. The Kier molecular flexibility index (Phi) is 4.53. The van der Waals surface area contributed by atoms with Crippen molar-refractivity contribution < 1.29 is 14.0 Å². The molecule has 0 aromatic heterocycles. The Morgan fingerprint density at radius 1 is 1.21 bits per heavy atom. The van der Waals surface area contributed by atoms with Crippen molar-refractivity contribution in [2.75, 3.05) is 5.32 Å². The van der Waals surface area contributed by atoms with Crippen LogP contribution in [0, 0.1) is 12.7 Å². The van der Waals surface area contributed by atoms with Gasteiger partial charge in [-0.05, 0) is 42.3 Å². The van der Waals surface area contributed by atoms with Gasteiger partial charge in [0.25, 0.3) is 5.91 Å². The summed E-state index contributed by atoms with van der Waals surface area (Å²) in [4.78, 5) is 25.8. The minimum atomic E-state index is -0.674. The van der Waals surface area contributed by atoms with Gasteiger partial charge in [-0.3, -0.25) is 14.5 Å². The van der Waals surface area contributed by atoms with E-state index in [9.17, 15) is 14.0 Å². The highest BCUT2D eigenvalue weighted by Crippen LogP contribution is 2.22. The maximum absolute atomic E-state index is 13.6. The van der Waals surface area contributed by atoms with Gasteiger partial charge < -0.3 is 5.32 Å². The highest BCUT2D eigenvalue weighted by molar-refractivity contribution is 6.30. The number of carbonyl (C=O) groups is 2. The first-order chi connectivity index (χ1) is 11.4. The van der Waals surface area contributed by atoms with Gasteiger partial charge in [-0.25, -0.2) is 4.39 Å². The molecular weight excluding hydrogens is 331 g/mol. The van der Waals surface area contributed by atoms with Gasteiger partial charge in [0.15, 0.2) is 0 Å². The van der Waals surface area contributed by atoms with Crippen LogP contribution >= 0.6 is 11.6 Å². The number of halogens is 2. The van der Waals surface area contributed by atoms with Gasteiger partial charge in [0.1, 0.15) is 11.9 Å². The third kappa shape index (κ3) is 3.41. The molecule has 0 radical (unpaired) electrons.